The molecule has 0 bridgehead atoms. The zero-order valence-corrected chi connectivity index (χ0v) is 17.9. The summed E-state index contributed by atoms with van der Waals surface area (Å²) in [5.41, 5.74) is -0.816. The molecule has 1 N–H and O–H groups in total. The molecule has 3 aromatic rings. The molecule has 33 heavy (non-hydrogen) atoms. The summed E-state index contributed by atoms with van der Waals surface area (Å²) in [6.07, 6.45) is -4.60. The van der Waals surface area contributed by atoms with Gasteiger partial charge in [0, 0.05) is 17.7 Å². The Morgan fingerprint density at radius 2 is 1.70 bits per heavy atom. The molecule has 0 atom stereocenters. The molecule has 0 aliphatic heterocycles. The molecule has 0 spiro atoms. The lowest BCUT2D eigenvalue weighted by atomic mass is 10.1. The molecule has 2 aromatic carbocycles. The summed E-state index contributed by atoms with van der Waals surface area (Å²) in [7, 11) is 4.23. The number of nitrogens with zero attached hydrogens (tertiary/aromatic N) is 2. The number of carbonyl (C=O) groups is 1. The summed E-state index contributed by atoms with van der Waals surface area (Å²) in [5, 5.41) is 6.54. The van der Waals surface area contributed by atoms with Crippen molar-refractivity contribution in [3.8, 4) is 28.5 Å². The number of amides is 1. The van der Waals surface area contributed by atoms with E-state index in [9.17, 15) is 22.8 Å². The van der Waals surface area contributed by atoms with Gasteiger partial charge in [0.25, 0.3) is 5.56 Å². The van der Waals surface area contributed by atoms with Gasteiger partial charge in [-0.15, -0.1) is 0 Å². The molecule has 0 unspecified atom stereocenters. The molecule has 1 heterocycles. The van der Waals surface area contributed by atoms with E-state index in [4.69, 9.17) is 14.2 Å². The summed E-state index contributed by atoms with van der Waals surface area (Å²) < 4.78 is 55.5. The predicted molar refractivity (Wildman–Crippen MR) is 114 cm³/mol. The number of halogens is 3. The zero-order valence-electron chi connectivity index (χ0n) is 17.9. The molecule has 3 rings (SSSR count). The maximum atomic E-state index is 13.0. The van der Waals surface area contributed by atoms with E-state index >= 15 is 0 Å². The molecule has 1 aromatic heterocycles. The molecule has 0 saturated carbocycles. The van der Waals surface area contributed by atoms with Crippen LogP contribution in [-0.2, 0) is 17.5 Å². The van der Waals surface area contributed by atoms with E-state index < -0.39 is 29.8 Å². The van der Waals surface area contributed by atoms with Gasteiger partial charge in [-0.3, -0.25) is 9.59 Å². The standard InChI is InChI=1S/C22H20F3N3O5/c1-31-14-5-6-15(19(11-14)33-3)16-7-9-21(30)28(27-16)12-20(29)26-17-10-13(22(23,24)25)4-8-18(17)32-2/h4-11H,12H2,1-3H3,(H,26,29). The van der Waals surface area contributed by atoms with Crippen LogP contribution in [0.1, 0.15) is 5.56 Å². The second kappa shape index (κ2) is 9.63. The molecule has 0 fully saturated rings. The quantitative estimate of drug-likeness (QED) is 0.576. The minimum atomic E-state index is -4.60. The Balaban J connectivity index is 1.88. The average Bonchev–Trinajstić information content (AvgIpc) is 2.79. The monoisotopic (exact) mass is 463 g/mol. The summed E-state index contributed by atoms with van der Waals surface area (Å²) >= 11 is 0. The van der Waals surface area contributed by atoms with Crippen LogP contribution in [0.4, 0.5) is 18.9 Å². The van der Waals surface area contributed by atoms with E-state index in [1.54, 1.807) is 18.2 Å². The lowest BCUT2D eigenvalue weighted by Gasteiger charge is -2.14. The highest BCUT2D eigenvalue weighted by atomic mass is 19.4. The summed E-state index contributed by atoms with van der Waals surface area (Å²) in [6.45, 7) is -0.537. The van der Waals surface area contributed by atoms with Gasteiger partial charge in [0.05, 0.1) is 38.3 Å². The third kappa shape index (κ3) is 5.43. The Labute approximate surface area is 186 Å². The zero-order chi connectivity index (χ0) is 24.2. The molecule has 0 saturated heterocycles. The lowest BCUT2D eigenvalue weighted by molar-refractivity contribution is -0.137. The van der Waals surface area contributed by atoms with Gasteiger partial charge in [0.2, 0.25) is 5.91 Å². The van der Waals surface area contributed by atoms with Crippen LogP contribution in [0.5, 0.6) is 17.2 Å². The van der Waals surface area contributed by atoms with Crippen LogP contribution >= 0.6 is 0 Å². The molecule has 174 valence electrons. The van der Waals surface area contributed by atoms with Crippen molar-refractivity contribution in [2.24, 2.45) is 0 Å². The number of hydrogen-bond acceptors (Lipinski definition) is 6. The molecule has 1 amide bonds. The Kier molecular flexibility index (Phi) is 6.90. The van der Waals surface area contributed by atoms with Gasteiger partial charge >= 0.3 is 6.18 Å². The van der Waals surface area contributed by atoms with Gasteiger partial charge in [0.15, 0.2) is 0 Å². The second-order valence-corrected chi connectivity index (χ2v) is 6.74. The first-order valence-corrected chi connectivity index (χ1v) is 9.52. The second-order valence-electron chi connectivity index (χ2n) is 6.74. The number of anilines is 1. The van der Waals surface area contributed by atoms with E-state index in [1.807, 2.05) is 0 Å². The maximum absolute atomic E-state index is 13.0. The first-order chi connectivity index (χ1) is 15.7. The van der Waals surface area contributed by atoms with E-state index in [-0.39, 0.29) is 11.4 Å². The fourth-order valence-corrected chi connectivity index (χ4v) is 3.02. The topological polar surface area (TPSA) is 91.7 Å². The Morgan fingerprint density at radius 3 is 2.33 bits per heavy atom. The fraction of sp³-hybridized carbons (Fsp3) is 0.227. The van der Waals surface area contributed by atoms with Crippen molar-refractivity contribution in [3.05, 3.63) is 64.4 Å². The Morgan fingerprint density at radius 1 is 0.970 bits per heavy atom. The highest BCUT2D eigenvalue weighted by Gasteiger charge is 2.31. The maximum Gasteiger partial charge on any atom is 0.416 e. The predicted octanol–water partition coefficient (Wildman–Crippen LogP) is 3.59. The lowest BCUT2D eigenvalue weighted by Crippen LogP contribution is -2.29. The van der Waals surface area contributed by atoms with Crippen LogP contribution in [0.2, 0.25) is 0 Å². The first-order valence-electron chi connectivity index (χ1n) is 9.52. The highest BCUT2D eigenvalue weighted by Crippen LogP contribution is 2.35. The van der Waals surface area contributed by atoms with Gasteiger partial charge in [-0.25, -0.2) is 4.68 Å². The molecule has 0 aliphatic rings. The van der Waals surface area contributed by atoms with Crippen molar-refractivity contribution in [2.75, 3.05) is 26.6 Å². The van der Waals surface area contributed by atoms with Crippen molar-refractivity contribution in [1.29, 1.82) is 0 Å². The van der Waals surface area contributed by atoms with Crippen molar-refractivity contribution in [1.82, 2.24) is 9.78 Å². The van der Waals surface area contributed by atoms with Gasteiger partial charge in [0.1, 0.15) is 23.8 Å². The number of benzene rings is 2. The smallest absolute Gasteiger partial charge is 0.416 e. The van der Waals surface area contributed by atoms with Gasteiger partial charge in [-0.05, 0) is 36.4 Å². The number of nitrogens with one attached hydrogen (secondary N) is 1. The molecule has 0 aliphatic carbocycles. The van der Waals surface area contributed by atoms with Crippen LogP contribution < -0.4 is 25.1 Å². The third-order valence-electron chi connectivity index (χ3n) is 4.65. The summed E-state index contributed by atoms with van der Waals surface area (Å²) in [4.78, 5) is 24.8. The van der Waals surface area contributed by atoms with Crippen molar-refractivity contribution >= 4 is 11.6 Å². The summed E-state index contributed by atoms with van der Waals surface area (Å²) in [5.74, 6) is 0.262. The van der Waals surface area contributed by atoms with Gasteiger partial charge in [-0.1, -0.05) is 0 Å². The number of carbonyl (C=O) groups excluding carboxylic acids is 1. The van der Waals surface area contributed by atoms with Crippen molar-refractivity contribution in [3.63, 3.8) is 0 Å². The minimum Gasteiger partial charge on any atom is -0.497 e. The molecular formula is C22H20F3N3O5. The number of aromatic nitrogens is 2. The summed E-state index contributed by atoms with van der Waals surface area (Å²) in [6, 6.07) is 10.4. The van der Waals surface area contributed by atoms with E-state index in [2.05, 4.69) is 10.4 Å². The number of hydrogen-bond donors (Lipinski definition) is 1. The molecule has 11 heteroatoms. The largest absolute Gasteiger partial charge is 0.497 e. The number of ether oxygens (including phenoxy) is 3. The van der Waals surface area contributed by atoms with Crippen LogP contribution in [-0.4, -0.2) is 37.0 Å². The van der Waals surface area contributed by atoms with Crippen LogP contribution in [0.25, 0.3) is 11.3 Å². The average molecular weight is 463 g/mol. The van der Waals surface area contributed by atoms with Crippen molar-refractivity contribution < 1.29 is 32.2 Å². The van der Waals surface area contributed by atoms with Crippen LogP contribution in [0.15, 0.2) is 53.3 Å². The van der Waals surface area contributed by atoms with Gasteiger partial charge in [-0.2, -0.15) is 18.3 Å². The fourth-order valence-electron chi connectivity index (χ4n) is 3.02. The van der Waals surface area contributed by atoms with Crippen LogP contribution in [0.3, 0.4) is 0 Å². The molecular weight excluding hydrogens is 443 g/mol. The number of alkyl halides is 3. The highest BCUT2D eigenvalue weighted by molar-refractivity contribution is 5.92. The molecule has 0 radical (unpaired) electrons. The number of rotatable bonds is 7. The number of methoxy groups -OCH3 is 3. The third-order valence-corrected chi connectivity index (χ3v) is 4.65. The molecule has 8 nitrogen and oxygen atoms in total. The van der Waals surface area contributed by atoms with Gasteiger partial charge < -0.3 is 19.5 Å². The minimum absolute atomic E-state index is 0.0355. The van der Waals surface area contributed by atoms with Crippen molar-refractivity contribution in [2.45, 2.75) is 12.7 Å². The Bertz CT molecular complexity index is 1220. The van der Waals surface area contributed by atoms with E-state index in [1.165, 1.54) is 33.5 Å². The van der Waals surface area contributed by atoms with E-state index in [0.717, 1.165) is 22.9 Å². The van der Waals surface area contributed by atoms with E-state index in [0.29, 0.717) is 22.8 Å². The Hall–Kier alpha value is -4.02. The SMILES string of the molecule is COc1ccc(-c2ccc(=O)n(CC(=O)Nc3cc(C(F)(F)F)ccc3OC)n2)c(OC)c1. The van der Waals surface area contributed by atoms with Crippen LogP contribution in [0, 0.1) is 0 Å². The normalized spacial score (nSPS) is 11.1. The first kappa shape index (κ1) is 23.6.